The van der Waals surface area contributed by atoms with E-state index >= 15 is 0 Å². The van der Waals surface area contributed by atoms with Gasteiger partial charge in [-0.3, -0.25) is 25.2 Å². The predicted octanol–water partition coefficient (Wildman–Crippen LogP) is 1.94. The number of aryl methyl sites for hydroxylation is 1. The van der Waals surface area contributed by atoms with Crippen LogP contribution in [-0.4, -0.2) is 21.6 Å². The Balaban J connectivity index is 2.00. The third kappa shape index (κ3) is 4.73. The second kappa shape index (κ2) is 8.02. The molecule has 2 heterocycles. The van der Waals surface area contributed by atoms with Gasteiger partial charge < -0.3 is 0 Å². The third-order valence-electron chi connectivity index (χ3n) is 2.91. The van der Waals surface area contributed by atoms with Crippen molar-refractivity contribution in [1.82, 2.24) is 20.6 Å². The number of aromatic nitrogens is 2. The zero-order valence-corrected chi connectivity index (χ0v) is 14.7. The van der Waals surface area contributed by atoms with Crippen LogP contribution in [0.15, 0.2) is 32.8 Å². The molecule has 0 unspecified atom stereocenters. The van der Waals surface area contributed by atoms with E-state index in [4.69, 9.17) is 0 Å². The zero-order valence-electron chi connectivity index (χ0n) is 12.3. The number of rotatable bonds is 5. The highest BCUT2D eigenvalue weighted by atomic mass is 79.9. The molecule has 0 fully saturated rings. The van der Waals surface area contributed by atoms with Gasteiger partial charge in [-0.25, -0.2) is 4.68 Å². The van der Waals surface area contributed by atoms with Crippen LogP contribution >= 0.6 is 27.3 Å². The average molecular weight is 399 g/mol. The number of amides is 2. The van der Waals surface area contributed by atoms with Gasteiger partial charge in [0.05, 0.1) is 8.66 Å². The molecule has 2 aromatic rings. The highest BCUT2D eigenvalue weighted by Gasteiger charge is 2.13. The second-order valence-electron chi connectivity index (χ2n) is 4.65. The van der Waals surface area contributed by atoms with Crippen molar-refractivity contribution in [3.05, 3.63) is 49.0 Å². The molecule has 0 saturated carbocycles. The predicted molar refractivity (Wildman–Crippen MR) is 90.4 cm³/mol. The molecular formula is C14H15BrN4O3S. The van der Waals surface area contributed by atoms with Crippen LogP contribution in [0.5, 0.6) is 0 Å². The van der Waals surface area contributed by atoms with Gasteiger partial charge in [-0.2, -0.15) is 5.10 Å². The topological polar surface area (TPSA) is 93.1 Å². The molecule has 0 aliphatic rings. The van der Waals surface area contributed by atoms with E-state index in [1.807, 2.05) is 6.92 Å². The van der Waals surface area contributed by atoms with Crippen molar-refractivity contribution in [2.75, 3.05) is 0 Å². The number of thiophene rings is 1. The minimum absolute atomic E-state index is 0.0633. The number of halogens is 1. The molecule has 0 atom stereocenters. The van der Waals surface area contributed by atoms with Crippen molar-refractivity contribution in [2.24, 2.45) is 0 Å². The minimum Gasteiger partial charge on any atom is -0.268 e. The van der Waals surface area contributed by atoms with Crippen molar-refractivity contribution >= 4 is 39.1 Å². The number of carbonyl (C=O) groups excluding carboxylic acids is 2. The Bertz CT molecular complexity index is 771. The van der Waals surface area contributed by atoms with Crippen LogP contribution in [0, 0.1) is 0 Å². The van der Waals surface area contributed by atoms with Gasteiger partial charge in [-0.15, -0.1) is 11.3 Å². The Kier molecular flexibility index (Phi) is 6.05. The van der Waals surface area contributed by atoms with Gasteiger partial charge in [0.15, 0.2) is 5.69 Å². The van der Waals surface area contributed by atoms with Crippen LogP contribution in [-0.2, 0) is 6.54 Å². The molecule has 0 radical (unpaired) electrons. The molecule has 0 spiro atoms. The first-order chi connectivity index (χ1) is 11.0. The van der Waals surface area contributed by atoms with Crippen LogP contribution < -0.4 is 16.4 Å². The molecule has 2 N–H and O–H groups in total. The lowest BCUT2D eigenvalue weighted by molar-refractivity contribution is 0.0844. The summed E-state index contributed by atoms with van der Waals surface area (Å²) in [6.07, 6.45) is 1.71. The van der Waals surface area contributed by atoms with Crippen molar-refractivity contribution in [1.29, 1.82) is 0 Å². The number of unbranched alkanes of at least 4 members (excludes halogenated alkanes) is 1. The summed E-state index contributed by atoms with van der Waals surface area (Å²) >= 11 is 4.51. The summed E-state index contributed by atoms with van der Waals surface area (Å²) in [6, 6.07) is 6.00. The molecule has 0 aromatic carbocycles. The van der Waals surface area contributed by atoms with Crippen LogP contribution in [0.2, 0.25) is 0 Å². The SMILES string of the molecule is CCCCn1nc(C(=O)NNC(=O)c2ccc(Br)s2)ccc1=O. The fourth-order valence-corrected chi connectivity index (χ4v) is 2.99. The molecule has 2 amide bonds. The van der Waals surface area contributed by atoms with E-state index in [1.165, 1.54) is 28.2 Å². The first-order valence-electron chi connectivity index (χ1n) is 6.95. The molecule has 0 bridgehead atoms. The standard InChI is InChI=1S/C14H15BrN4O3S/c1-2-3-8-19-12(20)7-4-9(18-19)13(21)16-17-14(22)10-5-6-11(15)23-10/h4-7H,2-3,8H2,1H3,(H,16,21)(H,17,22). The number of carbonyl (C=O) groups is 2. The maximum atomic E-state index is 12.0. The van der Waals surface area contributed by atoms with Crippen LogP contribution in [0.3, 0.4) is 0 Å². The first kappa shape index (κ1) is 17.4. The van der Waals surface area contributed by atoms with Crippen molar-refractivity contribution in [3.8, 4) is 0 Å². The second-order valence-corrected chi connectivity index (χ2v) is 7.11. The molecule has 0 aliphatic heterocycles. The van der Waals surface area contributed by atoms with E-state index in [0.717, 1.165) is 16.6 Å². The van der Waals surface area contributed by atoms with Crippen LogP contribution in [0.1, 0.15) is 39.9 Å². The molecule has 9 heteroatoms. The summed E-state index contributed by atoms with van der Waals surface area (Å²) in [7, 11) is 0. The molecule has 7 nitrogen and oxygen atoms in total. The minimum atomic E-state index is -0.584. The molecule has 0 saturated heterocycles. The summed E-state index contributed by atoms with van der Waals surface area (Å²) in [5.74, 6) is -1.01. The molecule has 23 heavy (non-hydrogen) atoms. The van der Waals surface area contributed by atoms with E-state index < -0.39 is 11.8 Å². The van der Waals surface area contributed by atoms with Crippen molar-refractivity contribution < 1.29 is 9.59 Å². The first-order valence-corrected chi connectivity index (χ1v) is 8.56. The van der Waals surface area contributed by atoms with E-state index in [2.05, 4.69) is 31.9 Å². The lowest BCUT2D eigenvalue weighted by Crippen LogP contribution is -2.42. The number of hydrogen-bond donors (Lipinski definition) is 2. The Labute approximate surface area is 144 Å². The molecular weight excluding hydrogens is 384 g/mol. The van der Waals surface area contributed by atoms with Crippen LogP contribution in [0.25, 0.3) is 0 Å². The van der Waals surface area contributed by atoms with E-state index in [9.17, 15) is 14.4 Å². The third-order valence-corrected chi connectivity index (χ3v) is 4.53. The summed E-state index contributed by atoms with van der Waals surface area (Å²) in [4.78, 5) is 36.0. The van der Waals surface area contributed by atoms with Crippen molar-refractivity contribution in [3.63, 3.8) is 0 Å². The molecule has 2 rings (SSSR count). The van der Waals surface area contributed by atoms with Gasteiger partial charge in [-0.05, 0) is 40.5 Å². The monoisotopic (exact) mass is 398 g/mol. The Morgan fingerprint density at radius 1 is 1.22 bits per heavy atom. The van der Waals surface area contributed by atoms with Crippen LogP contribution in [0.4, 0.5) is 0 Å². The fraction of sp³-hybridized carbons (Fsp3) is 0.286. The lowest BCUT2D eigenvalue weighted by Gasteiger charge is -2.08. The normalized spacial score (nSPS) is 10.3. The van der Waals surface area contributed by atoms with Gasteiger partial charge in [0.25, 0.3) is 17.4 Å². The molecule has 0 aliphatic carbocycles. The van der Waals surface area contributed by atoms with Gasteiger partial charge >= 0.3 is 0 Å². The highest BCUT2D eigenvalue weighted by molar-refractivity contribution is 9.11. The van der Waals surface area contributed by atoms with Crippen molar-refractivity contribution in [2.45, 2.75) is 26.3 Å². The van der Waals surface area contributed by atoms with Gasteiger partial charge in [-0.1, -0.05) is 13.3 Å². The summed E-state index contributed by atoms with van der Waals surface area (Å²) in [5.41, 5.74) is 4.40. The number of nitrogens with zero attached hydrogens (tertiary/aromatic N) is 2. The lowest BCUT2D eigenvalue weighted by atomic mass is 10.3. The van der Waals surface area contributed by atoms with E-state index in [-0.39, 0.29) is 11.3 Å². The largest absolute Gasteiger partial charge is 0.290 e. The Hall–Kier alpha value is -2.00. The quantitative estimate of drug-likeness (QED) is 0.752. The Morgan fingerprint density at radius 2 is 1.96 bits per heavy atom. The number of hydrogen-bond acceptors (Lipinski definition) is 5. The Morgan fingerprint density at radius 3 is 2.61 bits per heavy atom. The summed E-state index contributed by atoms with van der Waals surface area (Å²) in [6.45, 7) is 2.45. The number of nitrogens with one attached hydrogen (secondary N) is 2. The van der Waals surface area contributed by atoms with Gasteiger partial charge in [0, 0.05) is 12.6 Å². The highest BCUT2D eigenvalue weighted by Crippen LogP contribution is 2.21. The van der Waals surface area contributed by atoms with E-state index in [0.29, 0.717) is 11.4 Å². The fourth-order valence-electron chi connectivity index (χ4n) is 1.71. The molecule has 2 aromatic heterocycles. The van der Waals surface area contributed by atoms with Gasteiger partial charge in [0.1, 0.15) is 0 Å². The molecule has 122 valence electrons. The summed E-state index contributed by atoms with van der Waals surface area (Å²) < 4.78 is 2.06. The van der Waals surface area contributed by atoms with Gasteiger partial charge in [0.2, 0.25) is 0 Å². The maximum absolute atomic E-state index is 12.0. The average Bonchev–Trinajstić information content (AvgIpc) is 2.98. The van der Waals surface area contributed by atoms with E-state index in [1.54, 1.807) is 12.1 Å². The maximum Gasteiger partial charge on any atom is 0.290 e. The number of hydrazine groups is 1. The zero-order chi connectivity index (χ0) is 16.8. The smallest absolute Gasteiger partial charge is 0.268 e. The summed E-state index contributed by atoms with van der Waals surface area (Å²) in [5, 5.41) is 4.00.